The van der Waals surface area contributed by atoms with Crippen LogP contribution in [0.25, 0.3) is 0 Å². The molecule has 2 amide bonds. The summed E-state index contributed by atoms with van der Waals surface area (Å²) in [5.41, 5.74) is -3.64. The zero-order chi connectivity index (χ0) is 26.6. The highest BCUT2D eigenvalue weighted by Crippen LogP contribution is 2.38. The van der Waals surface area contributed by atoms with Crippen LogP contribution in [0.15, 0.2) is 53.4 Å². The Bertz CT molecular complexity index is 1270. The number of nitrogens with one attached hydrogen (secondary N) is 2. The van der Waals surface area contributed by atoms with Crippen molar-refractivity contribution in [1.29, 1.82) is 0 Å². The lowest BCUT2D eigenvalue weighted by Gasteiger charge is -2.14. The second-order valence-electron chi connectivity index (χ2n) is 7.05. The highest BCUT2D eigenvalue weighted by molar-refractivity contribution is 8.00. The molecule has 0 aliphatic heterocycles. The molecule has 0 fully saturated rings. The minimum absolute atomic E-state index is 0.347. The van der Waals surface area contributed by atoms with Gasteiger partial charge in [-0.1, -0.05) is 6.07 Å². The van der Waals surface area contributed by atoms with Crippen molar-refractivity contribution < 1.29 is 45.1 Å². The third-order valence-corrected chi connectivity index (χ3v) is 5.64. The number of ether oxygens (including phenoxy) is 1. The average Bonchev–Trinajstić information content (AvgIpc) is 2.84. The van der Waals surface area contributed by atoms with Gasteiger partial charge in [0, 0.05) is 16.1 Å². The predicted octanol–water partition coefficient (Wildman–Crippen LogP) is 6.25. The molecule has 36 heavy (non-hydrogen) atoms. The summed E-state index contributed by atoms with van der Waals surface area (Å²) in [4.78, 5) is 24.8. The highest BCUT2D eigenvalue weighted by atomic mass is 32.2. The lowest BCUT2D eigenvalue weighted by Crippen LogP contribution is -2.21. The van der Waals surface area contributed by atoms with Gasteiger partial charge in [0.15, 0.2) is 23.3 Å². The van der Waals surface area contributed by atoms with Gasteiger partial charge in [-0.05, 0) is 42.5 Å². The molecule has 0 spiro atoms. The van der Waals surface area contributed by atoms with Crippen molar-refractivity contribution >= 4 is 35.0 Å². The summed E-state index contributed by atoms with van der Waals surface area (Å²) in [7, 11) is 1.46. The Balaban J connectivity index is 1.62. The van der Waals surface area contributed by atoms with E-state index in [0.29, 0.717) is 21.9 Å². The molecule has 0 saturated carbocycles. The van der Waals surface area contributed by atoms with Gasteiger partial charge in [0.2, 0.25) is 5.91 Å². The number of alkyl halides is 3. The molecule has 0 heterocycles. The molecule has 0 bridgehead atoms. The fourth-order valence-corrected chi connectivity index (χ4v) is 3.62. The molecule has 0 unspecified atom stereocenters. The molecule has 3 aromatic carbocycles. The topological polar surface area (TPSA) is 67.4 Å². The SMILES string of the molecule is COc1cccc(C(=O)Nc2ccc(SCC(=O)Nc3c(F)c(F)c(C(F)(F)F)c(F)c3F)cc2)c1. The molecule has 0 radical (unpaired) electrons. The van der Waals surface area contributed by atoms with Gasteiger partial charge < -0.3 is 15.4 Å². The van der Waals surface area contributed by atoms with Crippen LogP contribution in [-0.2, 0) is 11.0 Å². The number of methoxy groups -OCH3 is 1. The summed E-state index contributed by atoms with van der Waals surface area (Å²) in [6.45, 7) is 0. The minimum Gasteiger partial charge on any atom is -0.497 e. The maximum Gasteiger partial charge on any atom is 0.422 e. The van der Waals surface area contributed by atoms with E-state index in [1.165, 1.54) is 37.4 Å². The summed E-state index contributed by atoms with van der Waals surface area (Å²) in [5.74, 6) is -11.6. The summed E-state index contributed by atoms with van der Waals surface area (Å²) < 4.78 is 98.2. The van der Waals surface area contributed by atoms with Gasteiger partial charge in [0.05, 0.1) is 12.9 Å². The number of carbonyl (C=O) groups excluding carboxylic acids is 2. The highest BCUT2D eigenvalue weighted by Gasteiger charge is 2.42. The molecule has 0 aliphatic rings. The number of amides is 2. The van der Waals surface area contributed by atoms with E-state index < -0.39 is 58.3 Å². The molecule has 0 aromatic heterocycles. The zero-order valence-electron chi connectivity index (χ0n) is 18.1. The van der Waals surface area contributed by atoms with Crippen LogP contribution in [0.5, 0.6) is 5.75 Å². The third-order valence-electron chi connectivity index (χ3n) is 4.63. The molecule has 13 heteroatoms. The van der Waals surface area contributed by atoms with Crippen LogP contribution < -0.4 is 15.4 Å². The first kappa shape index (κ1) is 26.9. The first-order valence-electron chi connectivity index (χ1n) is 9.83. The van der Waals surface area contributed by atoms with E-state index in [2.05, 4.69) is 5.32 Å². The average molecular weight is 532 g/mol. The second kappa shape index (κ2) is 10.9. The molecule has 0 atom stereocenters. The molecule has 0 saturated heterocycles. The summed E-state index contributed by atoms with van der Waals surface area (Å²) >= 11 is 0.851. The van der Waals surface area contributed by atoms with E-state index in [0.717, 1.165) is 11.8 Å². The lowest BCUT2D eigenvalue weighted by atomic mass is 10.1. The van der Waals surface area contributed by atoms with Gasteiger partial charge in [0.1, 0.15) is 17.0 Å². The second-order valence-corrected chi connectivity index (χ2v) is 8.10. The third kappa shape index (κ3) is 6.08. The van der Waals surface area contributed by atoms with Crippen molar-refractivity contribution in [2.75, 3.05) is 23.5 Å². The zero-order valence-corrected chi connectivity index (χ0v) is 18.9. The number of carbonyl (C=O) groups is 2. The number of halogens is 7. The molecular formula is C23H15F7N2O3S. The van der Waals surface area contributed by atoms with Crippen LogP contribution in [0.1, 0.15) is 15.9 Å². The molecule has 0 aliphatic carbocycles. The van der Waals surface area contributed by atoms with Crippen molar-refractivity contribution in [1.82, 2.24) is 0 Å². The predicted molar refractivity (Wildman–Crippen MR) is 118 cm³/mol. The normalized spacial score (nSPS) is 11.2. The lowest BCUT2D eigenvalue weighted by molar-refractivity contribution is -0.143. The van der Waals surface area contributed by atoms with E-state index in [1.54, 1.807) is 23.5 Å². The van der Waals surface area contributed by atoms with Gasteiger partial charge in [-0.15, -0.1) is 11.8 Å². The van der Waals surface area contributed by atoms with Gasteiger partial charge in [-0.25, -0.2) is 17.6 Å². The largest absolute Gasteiger partial charge is 0.497 e. The van der Waals surface area contributed by atoms with Crippen LogP contribution >= 0.6 is 11.8 Å². The van der Waals surface area contributed by atoms with Crippen molar-refractivity contribution in [3.63, 3.8) is 0 Å². The fourth-order valence-electron chi connectivity index (χ4n) is 2.92. The van der Waals surface area contributed by atoms with Crippen LogP contribution in [0.2, 0.25) is 0 Å². The van der Waals surface area contributed by atoms with E-state index in [1.807, 2.05) is 0 Å². The number of anilines is 2. The first-order valence-corrected chi connectivity index (χ1v) is 10.8. The van der Waals surface area contributed by atoms with Crippen molar-refractivity contribution in [2.24, 2.45) is 0 Å². The Kier molecular flexibility index (Phi) is 8.13. The van der Waals surface area contributed by atoms with Gasteiger partial charge >= 0.3 is 6.18 Å². The van der Waals surface area contributed by atoms with E-state index in [-0.39, 0.29) is 0 Å². The smallest absolute Gasteiger partial charge is 0.422 e. The number of benzene rings is 3. The van der Waals surface area contributed by atoms with Gasteiger partial charge in [0.25, 0.3) is 5.91 Å². The van der Waals surface area contributed by atoms with E-state index in [4.69, 9.17) is 4.74 Å². The maximum absolute atomic E-state index is 13.9. The number of thioether (sulfide) groups is 1. The Morgan fingerprint density at radius 2 is 1.50 bits per heavy atom. The Hall–Kier alpha value is -3.74. The molecule has 3 aromatic rings. The minimum atomic E-state index is -5.69. The molecule has 5 nitrogen and oxygen atoms in total. The van der Waals surface area contributed by atoms with Crippen molar-refractivity contribution in [2.45, 2.75) is 11.1 Å². The van der Waals surface area contributed by atoms with Crippen LogP contribution in [-0.4, -0.2) is 24.7 Å². The Morgan fingerprint density at radius 3 is 2.06 bits per heavy atom. The Morgan fingerprint density at radius 1 is 0.889 bits per heavy atom. The molecule has 190 valence electrons. The van der Waals surface area contributed by atoms with Gasteiger partial charge in [-0.3, -0.25) is 9.59 Å². The fraction of sp³-hybridized carbons (Fsp3) is 0.130. The molecule has 3 rings (SSSR count). The number of hydrogen-bond donors (Lipinski definition) is 2. The molecule has 2 N–H and O–H groups in total. The van der Waals surface area contributed by atoms with Crippen LogP contribution in [0.3, 0.4) is 0 Å². The summed E-state index contributed by atoms with van der Waals surface area (Å²) in [6, 6.07) is 12.5. The van der Waals surface area contributed by atoms with Gasteiger partial charge in [-0.2, -0.15) is 13.2 Å². The quantitative estimate of drug-likeness (QED) is 0.214. The monoisotopic (exact) mass is 532 g/mol. The van der Waals surface area contributed by atoms with Crippen molar-refractivity contribution in [3.8, 4) is 5.75 Å². The number of rotatable bonds is 7. The van der Waals surface area contributed by atoms with E-state index >= 15 is 0 Å². The molecular weight excluding hydrogens is 517 g/mol. The summed E-state index contributed by atoms with van der Waals surface area (Å²) in [5, 5.41) is 4.20. The number of hydrogen-bond acceptors (Lipinski definition) is 4. The van der Waals surface area contributed by atoms with Crippen LogP contribution in [0, 0.1) is 23.3 Å². The maximum atomic E-state index is 13.9. The Labute approximate surface area is 203 Å². The summed E-state index contributed by atoms with van der Waals surface area (Å²) in [6.07, 6.45) is -5.69. The van der Waals surface area contributed by atoms with E-state index in [9.17, 15) is 40.3 Å². The van der Waals surface area contributed by atoms with Crippen LogP contribution in [0.4, 0.5) is 42.1 Å². The standard InChI is InChI=1S/C23H15F7N2O3S/c1-35-13-4-2-3-11(9-13)22(34)31-12-5-7-14(8-6-12)36-10-15(33)32-21-19(26)17(24)16(23(28,29)30)18(25)20(21)27/h2-9H,10H2,1H3,(H,31,34)(H,32,33). The first-order chi connectivity index (χ1) is 16.9. The van der Waals surface area contributed by atoms with Crippen molar-refractivity contribution in [3.05, 3.63) is 82.9 Å².